The first-order valence-corrected chi connectivity index (χ1v) is 8.75. The van der Waals surface area contributed by atoms with Gasteiger partial charge in [-0.25, -0.2) is 13.8 Å². The van der Waals surface area contributed by atoms with Crippen molar-refractivity contribution in [3.8, 4) is 11.3 Å². The van der Waals surface area contributed by atoms with Gasteiger partial charge in [-0.05, 0) is 36.8 Å². The molecule has 1 heterocycles. The van der Waals surface area contributed by atoms with Crippen molar-refractivity contribution in [2.24, 2.45) is 0 Å². The first kappa shape index (κ1) is 19.0. The van der Waals surface area contributed by atoms with Crippen molar-refractivity contribution in [2.75, 3.05) is 0 Å². The number of halogens is 3. The van der Waals surface area contributed by atoms with Crippen LogP contribution in [0.5, 0.6) is 0 Å². The van der Waals surface area contributed by atoms with Gasteiger partial charge >= 0.3 is 0 Å². The molecule has 0 saturated heterocycles. The Morgan fingerprint density at radius 2 is 2.07 bits per heavy atom. The maximum atomic E-state index is 13.8. The quantitative estimate of drug-likeness (QED) is 0.638. The summed E-state index contributed by atoms with van der Waals surface area (Å²) in [6.07, 6.45) is 1.78. The number of amides is 1. The SMILES string of the molecule is C[C@@H](NC(=O)CCc1ncc(-c2ccc(F)cc2F)o1)c1cccc(Cl)c1. The van der Waals surface area contributed by atoms with Crippen molar-refractivity contribution in [3.63, 3.8) is 0 Å². The molecule has 0 fully saturated rings. The molecule has 0 radical (unpaired) electrons. The molecule has 4 nitrogen and oxygen atoms in total. The normalized spacial score (nSPS) is 12.0. The van der Waals surface area contributed by atoms with Gasteiger partial charge in [0.15, 0.2) is 11.7 Å². The van der Waals surface area contributed by atoms with Gasteiger partial charge in [0.2, 0.25) is 5.91 Å². The number of hydrogen-bond donors (Lipinski definition) is 1. The summed E-state index contributed by atoms with van der Waals surface area (Å²) in [5.41, 5.74) is 1.02. The second kappa shape index (κ2) is 8.31. The Kier molecular flexibility index (Phi) is 5.86. The van der Waals surface area contributed by atoms with Crippen LogP contribution in [0, 0.1) is 11.6 Å². The van der Waals surface area contributed by atoms with E-state index in [0.29, 0.717) is 10.9 Å². The molecule has 0 saturated carbocycles. The number of hydrogen-bond acceptors (Lipinski definition) is 3. The predicted molar refractivity (Wildman–Crippen MR) is 98.2 cm³/mol. The molecule has 140 valence electrons. The molecule has 0 unspecified atom stereocenters. The molecule has 1 aromatic heterocycles. The Hall–Kier alpha value is -2.73. The van der Waals surface area contributed by atoms with Crippen molar-refractivity contribution in [3.05, 3.63) is 76.8 Å². The Labute approximate surface area is 160 Å². The van der Waals surface area contributed by atoms with Crippen LogP contribution in [-0.4, -0.2) is 10.9 Å². The summed E-state index contributed by atoms with van der Waals surface area (Å²) in [7, 11) is 0. The number of carbonyl (C=O) groups excluding carboxylic acids is 1. The molecule has 0 bridgehead atoms. The lowest BCUT2D eigenvalue weighted by molar-refractivity contribution is -0.121. The minimum atomic E-state index is -0.731. The zero-order chi connectivity index (χ0) is 19.4. The third kappa shape index (κ3) is 4.92. The molecule has 0 spiro atoms. The van der Waals surface area contributed by atoms with Gasteiger partial charge in [0.25, 0.3) is 0 Å². The van der Waals surface area contributed by atoms with Crippen LogP contribution in [0.1, 0.15) is 30.8 Å². The van der Waals surface area contributed by atoms with Gasteiger partial charge < -0.3 is 9.73 Å². The average molecular weight is 391 g/mol. The predicted octanol–water partition coefficient (Wildman–Crippen LogP) is 5.08. The van der Waals surface area contributed by atoms with Crippen molar-refractivity contribution >= 4 is 17.5 Å². The van der Waals surface area contributed by atoms with Crippen LogP contribution in [0.4, 0.5) is 8.78 Å². The van der Waals surface area contributed by atoms with Crippen molar-refractivity contribution in [2.45, 2.75) is 25.8 Å². The highest BCUT2D eigenvalue weighted by Gasteiger charge is 2.14. The van der Waals surface area contributed by atoms with E-state index in [1.807, 2.05) is 19.1 Å². The Bertz CT molecular complexity index is 959. The highest BCUT2D eigenvalue weighted by molar-refractivity contribution is 6.30. The van der Waals surface area contributed by atoms with Crippen LogP contribution in [0.15, 0.2) is 53.1 Å². The van der Waals surface area contributed by atoms with E-state index in [2.05, 4.69) is 10.3 Å². The van der Waals surface area contributed by atoms with E-state index in [9.17, 15) is 13.6 Å². The molecule has 3 rings (SSSR count). The zero-order valence-electron chi connectivity index (χ0n) is 14.5. The second-order valence-electron chi connectivity index (χ2n) is 6.09. The smallest absolute Gasteiger partial charge is 0.220 e. The fraction of sp³-hybridized carbons (Fsp3) is 0.200. The van der Waals surface area contributed by atoms with Gasteiger partial charge in [0.05, 0.1) is 17.8 Å². The maximum absolute atomic E-state index is 13.8. The fourth-order valence-electron chi connectivity index (χ4n) is 2.63. The molecule has 1 amide bonds. The molecular weight excluding hydrogens is 374 g/mol. The summed E-state index contributed by atoms with van der Waals surface area (Å²) >= 11 is 5.96. The van der Waals surface area contributed by atoms with Gasteiger partial charge in [0, 0.05) is 23.9 Å². The number of carbonyl (C=O) groups is 1. The molecule has 0 aliphatic carbocycles. The fourth-order valence-corrected chi connectivity index (χ4v) is 2.83. The summed E-state index contributed by atoms with van der Waals surface area (Å²) in [4.78, 5) is 16.2. The van der Waals surface area contributed by atoms with Crippen molar-refractivity contribution in [1.29, 1.82) is 0 Å². The lowest BCUT2D eigenvalue weighted by Crippen LogP contribution is -2.26. The standard InChI is InChI=1S/C20H17ClF2N2O2/c1-12(13-3-2-4-14(21)9-13)25-19(26)7-8-20-24-11-18(27-20)16-6-5-15(22)10-17(16)23/h2-6,9-12H,7-8H2,1H3,(H,25,26)/t12-/m1/s1. The molecule has 7 heteroatoms. The van der Waals surface area contributed by atoms with Crippen LogP contribution in [0.25, 0.3) is 11.3 Å². The minimum absolute atomic E-state index is 0.120. The summed E-state index contributed by atoms with van der Waals surface area (Å²) in [5, 5.41) is 3.48. The number of benzene rings is 2. The molecule has 2 aromatic carbocycles. The topological polar surface area (TPSA) is 55.1 Å². The Morgan fingerprint density at radius 3 is 2.81 bits per heavy atom. The van der Waals surface area contributed by atoms with Crippen molar-refractivity contribution < 1.29 is 18.0 Å². The van der Waals surface area contributed by atoms with Crippen molar-refractivity contribution in [1.82, 2.24) is 10.3 Å². The Balaban J connectivity index is 1.57. The molecule has 3 aromatic rings. The lowest BCUT2D eigenvalue weighted by Gasteiger charge is -2.14. The molecule has 27 heavy (non-hydrogen) atoms. The maximum Gasteiger partial charge on any atom is 0.220 e. The lowest BCUT2D eigenvalue weighted by atomic mass is 10.1. The monoisotopic (exact) mass is 390 g/mol. The van der Waals surface area contributed by atoms with Gasteiger partial charge in [-0.15, -0.1) is 0 Å². The van der Waals surface area contributed by atoms with E-state index in [0.717, 1.165) is 17.7 Å². The third-order valence-electron chi connectivity index (χ3n) is 4.04. The molecule has 0 aliphatic heterocycles. The van der Waals surface area contributed by atoms with E-state index in [4.69, 9.17) is 16.0 Å². The molecule has 1 N–H and O–H groups in total. The Morgan fingerprint density at radius 1 is 1.26 bits per heavy atom. The van der Waals surface area contributed by atoms with Gasteiger partial charge in [0.1, 0.15) is 11.6 Å². The summed E-state index contributed by atoms with van der Waals surface area (Å²) in [6, 6.07) is 10.3. The van der Waals surface area contributed by atoms with E-state index in [-0.39, 0.29) is 36.1 Å². The van der Waals surface area contributed by atoms with E-state index < -0.39 is 11.6 Å². The number of nitrogens with zero attached hydrogens (tertiary/aromatic N) is 1. The van der Waals surface area contributed by atoms with Crippen LogP contribution in [0.2, 0.25) is 5.02 Å². The third-order valence-corrected chi connectivity index (χ3v) is 4.28. The van der Waals surface area contributed by atoms with Gasteiger partial charge in [-0.2, -0.15) is 0 Å². The highest BCUT2D eigenvalue weighted by atomic mass is 35.5. The summed E-state index contributed by atoms with van der Waals surface area (Å²) in [6.45, 7) is 1.87. The minimum Gasteiger partial charge on any atom is -0.441 e. The summed E-state index contributed by atoms with van der Waals surface area (Å²) < 4.78 is 32.3. The first-order chi connectivity index (χ1) is 12.9. The molecule has 1 atom stereocenters. The largest absolute Gasteiger partial charge is 0.441 e. The molecular formula is C20H17ClF2N2O2. The van der Waals surface area contributed by atoms with Crippen LogP contribution >= 0.6 is 11.6 Å². The van der Waals surface area contributed by atoms with Crippen LogP contribution in [-0.2, 0) is 11.2 Å². The molecule has 0 aliphatic rings. The number of aryl methyl sites for hydroxylation is 1. The first-order valence-electron chi connectivity index (χ1n) is 8.37. The van der Waals surface area contributed by atoms with Gasteiger partial charge in [-0.3, -0.25) is 4.79 Å². The average Bonchev–Trinajstić information content (AvgIpc) is 3.08. The highest BCUT2D eigenvalue weighted by Crippen LogP contribution is 2.24. The van der Waals surface area contributed by atoms with Gasteiger partial charge in [-0.1, -0.05) is 23.7 Å². The number of rotatable bonds is 6. The van der Waals surface area contributed by atoms with E-state index in [1.54, 1.807) is 12.1 Å². The van der Waals surface area contributed by atoms with E-state index >= 15 is 0 Å². The zero-order valence-corrected chi connectivity index (χ0v) is 15.3. The van der Waals surface area contributed by atoms with Crippen LogP contribution in [0.3, 0.4) is 0 Å². The van der Waals surface area contributed by atoms with E-state index in [1.165, 1.54) is 12.3 Å². The van der Waals surface area contributed by atoms with Crippen LogP contribution < -0.4 is 5.32 Å². The summed E-state index contributed by atoms with van der Waals surface area (Å²) in [5.74, 6) is -1.07. The number of oxazole rings is 1. The number of aromatic nitrogens is 1. The second-order valence-corrected chi connectivity index (χ2v) is 6.52. The number of nitrogens with one attached hydrogen (secondary N) is 1.